The van der Waals surface area contributed by atoms with Crippen LogP contribution in [0.2, 0.25) is 0 Å². The Morgan fingerprint density at radius 1 is 1.12 bits per heavy atom. The van der Waals surface area contributed by atoms with Crippen LogP contribution in [0.1, 0.15) is 43.2 Å². The second-order valence-electron chi connectivity index (χ2n) is 7.22. The molecular formula is C22H29N3O. The predicted molar refractivity (Wildman–Crippen MR) is 105 cm³/mol. The lowest BCUT2D eigenvalue weighted by Gasteiger charge is -2.32. The van der Waals surface area contributed by atoms with Gasteiger partial charge < -0.3 is 5.32 Å². The molecule has 1 N–H and O–H groups in total. The van der Waals surface area contributed by atoms with Crippen molar-refractivity contribution in [3.8, 4) is 0 Å². The number of carbonyl (C=O) groups is 1. The molecule has 4 heteroatoms. The van der Waals surface area contributed by atoms with Crippen LogP contribution >= 0.6 is 0 Å². The zero-order chi connectivity index (χ0) is 18.2. The number of piperidine rings is 1. The Labute approximate surface area is 156 Å². The summed E-state index contributed by atoms with van der Waals surface area (Å²) in [5.41, 5.74) is 2.14. The highest BCUT2D eigenvalue weighted by molar-refractivity contribution is 5.84. The van der Waals surface area contributed by atoms with E-state index in [0.29, 0.717) is 19.0 Å². The first-order valence-electron chi connectivity index (χ1n) is 9.69. The number of pyridine rings is 1. The molecule has 1 aliphatic rings. The monoisotopic (exact) mass is 351 g/mol. The number of likely N-dealkylation sites (tertiary alicyclic amines) is 1. The highest BCUT2D eigenvalue weighted by atomic mass is 16.1. The standard InChI is InChI=1S/C22H29N3O/c1-18(25-13-6-3-7-14-25)16-24-22(26)21(20-10-4-2-5-11-20)15-19-9-8-12-23-17-19/h2,4-5,8-12,17-18,21H,3,6-7,13-16H2,1H3,(H,24,26). The summed E-state index contributed by atoms with van der Waals surface area (Å²) >= 11 is 0. The van der Waals surface area contributed by atoms with E-state index in [2.05, 4.69) is 22.1 Å². The first kappa shape index (κ1) is 18.6. The van der Waals surface area contributed by atoms with Crippen molar-refractivity contribution in [2.24, 2.45) is 0 Å². The van der Waals surface area contributed by atoms with E-state index in [1.165, 1.54) is 19.3 Å². The fourth-order valence-electron chi connectivity index (χ4n) is 3.66. The van der Waals surface area contributed by atoms with Crippen molar-refractivity contribution in [2.45, 2.75) is 44.6 Å². The molecule has 0 bridgehead atoms. The Morgan fingerprint density at radius 3 is 2.58 bits per heavy atom. The van der Waals surface area contributed by atoms with Gasteiger partial charge >= 0.3 is 0 Å². The van der Waals surface area contributed by atoms with Crippen molar-refractivity contribution in [3.05, 3.63) is 66.0 Å². The molecule has 4 nitrogen and oxygen atoms in total. The summed E-state index contributed by atoms with van der Waals surface area (Å²) in [6.45, 7) is 5.21. The average Bonchev–Trinajstić information content (AvgIpc) is 2.72. The molecule has 1 amide bonds. The second-order valence-corrected chi connectivity index (χ2v) is 7.22. The number of benzene rings is 1. The predicted octanol–water partition coefficient (Wildman–Crippen LogP) is 3.40. The average molecular weight is 351 g/mol. The van der Waals surface area contributed by atoms with Crippen LogP contribution in [0.3, 0.4) is 0 Å². The van der Waals surface area contributed by atoms with Crippen LogP contribution in [0, 0.1) is 0 Å². The van der Waals surface area contributed by atoms with Gasteiger partial charge in [-0.3, -0.25) is 14.7 Å². The van der Waals surface area contributed by atoms with Gasteiger partial charge in [-0.05, 0) is 56.5 Å². The number of aromatic nitrogens is 1. The molecule has 26 heavy (non-hydrogen) atoms. The first-order valence-corrected chi connectivity index (χ1v) is 9.69. The number of carbonyl (C=O) groups excluding carboxylic acids is 1. The fourth-order valence-corrected chi connectivity index (χ4v) is 3.66. The Balaban J connectivity index is 1.64. The number of hydrogen-bond acceptors (Lipinski definition) is 3. The summed E-state index contributed by atoms with van der Waals surface area (Å²) in [6.07, 6.45) is 8.15. The van der Waals surface area contributed by atoms with Gasteiger partial charge in [-0.15, -0.1) is 0 Å². The van der Waals surface area contributed by atoms with Crippen LogP contribution < -0.4 is 5.32 Å². The minimum atomic E-state index is -0.186. The normalized spacial score (nSPS) is 17.4. The van der Waals surface area contributed by atoms with Crippen molar-refractivity contribution in [2.75, 3.05) is 19.6 Å². The lowest BCUT2D eigenvalue weighted by Crippen LogP contribution is -2.45. The van der Waals surface area contributed by atoms with Gasteiger partial charge in [0.1, 0.15) is 0 Å². The topological polar surface area (TPSA) is 45.2 Å². The lowest BCUT2D eigenvalue weighted by atomic mass is 9.91. The maximum atomic E-state index is 13.0. The smallest absolute Gasteiger partial charge is 0.227 e. The SMILES string of the molecule is CC(CNC(=O)C(Cc1cccnc1)c1ccccc1)N1CCCCC1. The van der Waals surface area contributed by atoms with E-state index in [4.69, 9.17) is 0 Å². The minimum absolute atomic E-state index is 0.101. The lowest BCUT2D eigenvalue weighted by molar-refractivity contribution is -0.122. The summed E-state index contributed by atoms with van der Waals surface area (Å²) in [5.74, 6) is -0.0853. The Kier molecular flexibility index (Phi) is 6.78. The Morgan fingerprint density at radius 2 is 1.88 bits per heavy atom. The molecule has 1 fully saturated rings. The van der Waals surface area contributed by atoms with Crippen molar-refractivity contribution in [1.29, 1.82) is 0 Å². The molecule has 138 valence electrons. The third-order valence-corrected chi connectivity index (χ3v) is 5.27. The zero-order valence-corrected chi connectivity index (χ0v) is 15.6. The fraction of sp³-hybridized carbons (Fsp3) is 0.455. The van der Waals surface area contributed by atoms with Gasteiger partial charge in [0.25, 0.3) is 0 Å². The van der Waals surface area contributed by atoms with Crippen molar-refractivity contribution >= 4 is 5.91 Å². The van der Waals surface area contributed by atoms with E-state index in [-0.39, 0.29) is 11.8 Å². The molecule has 1 aromatic heterocycles. The van der Waals surface area contributed by atoms with Gasteiger partial charge in [0.2, 0.25) is 5.91 Å². The number of hydrogen-bond donors (Lipinski definition) is 1. The van der Waals surface area contributed by atoms with Crippen LogP contribution in [0.25, 0.3) is 0 Å². The summed E-state index contributed by atoms with van der Waals surface area (Å²) in [7, 11) is 0. The second kappa shape index (κ2) is 9.48. The van der Waals surface area contributed by atoms with Crippen molar-refractivity contribution in [3.63, 3.8) is 0 Å². The first-order chi connectivity index (χ1) is 12.7. The molecule has 1 aliphatic heterocycles. The van der Waals surface area contributed by atoms with E-state index < -0.39 is 0 Å². The van der Waals surface area contributed by atoms with Crippen LogP contribution in [0.5, 0.6) is 0 Å². The quantitative estimate of drug-likeness (QED) is 0.831. The van der Waals surface area contributed by atoms with Crippen LogP contribution in [-0.2, 0) is 11.2 Å². The maximum absolute atomic E-state index is 13.0. The third kappa shape index (κ3) is 5.15. The third-order valence-electron chi connectivity index (χ3n) is 5.27. The van der Waals surface area contributed by atoms with Gasteiger partial charge in [-0.2, -0.15) is 0 Å². The molecule has 1 aromatic carbocycles. The molecule has 2 heterocycles. The van der Waals surface area contributed by atoms with Gasteiger partial charge in [0, 0.05) is 25.0 Å². The number of nitrogens with zero attached hydrogens (tertiary/aromatic N) is 2. The molecule has 2 atom stereocenters. The van der Waals surface area contributed by atoms with Gasteiger partial charge in [0.05, 0.1) is 5.92 Å². The molecule has 0 saturated carbocycles. The van der Waals surface area contributed by atoms with Crippen LogP contribution in [-0.4, -0.2) is 41.5 Å². The molecule has 2 aromatic rings. The molecule has 0 spiro atoms. The van der Waals surface area contributed by atoms with Crippen molar-refractivity contribution < 1.29 is 4.79 Å². The molecular weight excluding hydrogens is 322 g/mol. The van der Waals surface area contributed by atoms with Gasteiger partial charge in [0.15, 0.2) is 0 Å². The number of amides is 1. The Bertz CT molecular complexity index is 668. The van der Waals surface area contributed by atoms with E-state index >= 15 is 0 Å². The van der Waals surface area contributed by atoms with E-state index in [0.717, 1.165) is 24.2 Å². The van der Waals surface area contributed by atoms with E-state index in [1.54, 1.807) is 6.20 Å². The molecule has 1 saturated heterocycles. The molecule has 0 radical (unpaired) electrons. The number of rotatable bonds is 7. The number of nitrogens with one attached hydrogen (secondary N) is 1. The van der Waals surface area contributed by atoms with Crippen LogP contribution in [0.15, 0.2) is 54.9 Å². The molecule has 2 unspecified atom stereocenters. The minimum Gasteiger partial charge on any atom is -0.354 e. The van der Waals surface area contributed by atoms with Crippen molar-refractivity contribution in [1.82, 2.24) is 15.2 Å². The van der Waals surface area contributed by atoms with E-state index in [9.17, 15) is 4.79 Å². The maximum Gasteiger partial charge on any atom is 0.227 e. The van der Waals surface area contributed by atoms with Crippen LogP contribution in [0.4, 0.5) is 0 Å². The van der Waals surface area contributed by atoms with E-state index in [1.807, 2.05) is 48.7 Å². The summed E-state index contributed by atoms with van der Waals surface area (Å²) in [4.78, 5) is 19.7. The zero-order valence-electron chi connectivity index (χ0n) is 15.6. The summed E-state index contributed by atoms with van der Waals surface area (Å²) < 4.78 is 0. The van der Waals surface area contributed by atoms with Gasteiger partial charge in [-0.1, -0.05) is 42.8 Å². The Hall–Kier alpha value is -2.20. The molecule has 0 aliphatic carbocycles. The summed E-state index contributed by atoms with van der Waals surface area (Å²) in [5, 5.41) is 3.20. The largest absolute Gasteiger partial charge is 0.354 e. The highest BCUT2D eigenvalue weighted by Crippen LogP contribution is 2.21. The summed E-state index contributed by atoms with van der Waals surface area (Å²) in [6, 6.07) is 14.4. The van der Waals surface area contributed by atoms with Gasteiger partial charge in [-0.25, -0.2) is 0 Å². The molecule has 3 rings (SSSR count). The highest BCUT2D eigenvalue weighted by Gasteiger charge is 2.23.